The third-order valence-corrected chi connectivity index (χ3v) is 5.31. The van der Waals surface area contributed by atoms with E-state index in [9.17, 15) is 9.59 Å². The number of halogens is 1. The minimum Gasteiger partial charge on any atom is -0.371 e. The predicted molar refractivity (Wildman–Crippen MR) is 103 cm³/mol. The lowest BCUT2D eigenvalue weighted by atomic mass is 10.1. The number of benzene rings is 1. The third kappa shape index (κ3) is 4.82. The predicted octanol–water partition coefficient (Wildman–Crippen LogP) is 2.90. The lowest BCUT2D eigenvalue weighted by molar-refractivity contribution is -0.117. The first kappa shape index (κ1) is 18.8. The maximum atomic E-state index is 12.2. The monoisotopic (exact) mass is 393 g/mol. The van der Waals surface area contributed by atoms with Crippen LogP contribution < -0.4 is 11.1 Å². The van der Waals surface area contributed by atoms with Crippen molar-refractivity contribution in [1.82, 2.24) is 4.90 Å². The van der Waals surface area contributed by atoms with Gasteiger partial charge in [0.25, 0.3) is 5.91 Å². The van der Waals surface area contributed by atoms with Gasteiger partial charge in [0.2, 0.25) is 5.91 Å². The molecule has 0 unspecified atom stereocenters. The molecule has 0 spiro atoms. The summed E-state index contributed by atoms with van der Waals surface area (Å²) in [7, 11) is 0. The maximum Gasteiger partial charge on any atom is 0.251 e. The van der Waals surface area contributed by atoms with Crippen LogP contribution in [-0.2, 0) is 9.53 Å². The number of nitrogens with one attached hydrogen (secondary N) is 1. The first-order chi connectivity index (χ1) is 12.5. The normalized spacial score (nSPS) is 17.8. The number of hydrogen-bond donors (Lipinski definition) is 2. The summed E-state index contributed by atoms with van der Waals surface area (Å²) in [6.45, 7) is 2.74. The van der Waals surface area contributed by atoms with Gasteiger partial charge >= 0.3 is 0 Å². The van der Waals surface area contributed by atoms with E-state index in [0.717, 1.165) is 18.7 Å². The molecular weight excluding hydrogens is 374 g/mol. The van der Waals surface area contributed by atoms with E-state index in [0.29, 0.717) is 35.2 Å². The molecule has 26 heavy (non-hydrogen) atoms. The Labute approximate surface area is 160 Å². The summed E-state index contributed by atoms with van der Waals surface area (Å²) >= 11 is 7.22. The number of anilines is 1. The molecule has 0 radical (unpaired) electrons. The SMILES string of the molecule is NC(=O)c1ccsc1NC(=O)CCN1CCO[C@@H](c2ccc(Cl)cc2)C1. The highest BCUT2D eigenvalue weighted by Crippen LogP contribution is 2.25. The number of morpholine rings is 1. The molecule has 3 rings (SSSR count). The molecule has 0 bridgehead atoms. The molecule has 2 heterocycles. The Morgan fingerprint density at radius 2 is 2.08 bits per heavy atom. The van der Waals surface area contributed by atoms with E-state index in [2.05, 4.69) is 10.2 Å². The largest absolute Gasteiger partial charge is 0.371 e. The molecule has 2 aromatic rings. The van der Waals surface area contributed by atoms with Crippen LogP contribution in [0.1, 0.15) is 28.4 Å². The number of rotatable bonds is 6. The number of hydrogen-bond acceptors (Lipinski definition) is 5. The minimum absolute atomic E-state index is 0.0251. The van der Waals surface area contributed by atoms with E-state index in [1.807, 2.05) is 24.3 Å². The maximum absolute atomic E-state index is 12.2. The van der Waals surface area contributed by atoms with Crippen LogP contribution in [0.3, 0.4) is 0 Å². The van der Waals surface area contributed by atoms with E-state index < -0.39 is 5.91 Å². The van der Waals surface area contributed by atoms with Crippen molar-refractivity contribution in [2.24, 2.45) is 5.73 Å². The molecule has 0 aliphatic carbocycles. The molecule has 138 valence electrons. The molecule has 1 fully saturated rings. The van der Waals surface area contributed by atoms with Crippen LogP contribution in [0.15, 0.2) is 35.7 Å². The lowest BCUT2D eigenvalue weighted by Gasteiger charge is -2.33. The second-order valence-corrected chi connectivity index (χ2v) is 7.39. The van der Waals surface area contributed by atoms with Crippen LogP contribution in [0.5, 0.6) is 0 Å². The number of ether oxygens (including phenoxy) is 1. The summed E-state index contributed by atoms with van der Waals surface area (Å²) in [4.78, 5) is 25.7. The van der Waals surface area contributed by atoms with E-state index in [4.69, 9.17) is 22.1 Å². The Bertz CT molecular complexity index is 778. The van der Waals surface area contributed by atoms with Gasteiger partial charge in [-0.3, -0.25) is 14.5 Å². The van der Waals surface area contributed by atoms with E-state index in [-0.39, 0.29) is 12.0 Å². The van der Waals surface area contributed by atoms with Gasteiger partial charge in [0.1, 0.15) is 5.00 Å². The van der Waals surface area contributed by atoms with Gasteiger partial charge in [-0.15, -0.1) is 11.3 Å². The van der Waals surface area contributed by atoms with Crippen molar-refractivity contribution in [3.63, 3.8) is 0 Å². The van der Waals surface area contributed by atoms with Crippen molar-refractivity contribution < 1.29 is 14.3 Å². The van der Waals surface area contributed by atoms with Gasteiger partial charge in [0.05, 0.1) is 18.3 Å². The summed E-state index contributed by atoms with van der Waals surface area (Å²) in [5.74, 6) is -0.676. The molecular formula is C18H20ClN3O3S. The second-order valence-electron chi connectivity index (χ2n) is 6.04. The molecule has 1 atom stereocenters. The fourth-order valence-electron chi connectivity index (χ4n) is 2.83. The average Bonchev–Trinajstić information content (AvgIpc) is 3.09. The zero-order chi connectivity index (χ0) is 18.5. The first-order valence-corrected chi connectivity index (χ1v) is 9.55. The number of nitrogens with two attached hydrogens (primary N) is 1. The Balaban J connectivity index is 1.51. The van der Waals surface area contributed by atoms with Gasteiger partial charge in [-0.2, -0.15) is 0 Å². The smallest absolute Gasteiger partial charge is 0.251 e. The van der Waals surface area contributed by atoms with E-state index in [1.54, 1.807) is 11.4 Å². The quantitative estimate of drug-likeness (QED) is 0.790. The minimum atomic E-state index is -0.541. The zero-order valence-electron chi connectivity index (χ0n) is 14.1. The summed E-state index contributed by atoms with van der Waals surface area (Å²) in [6.07, 6.45) is 0.312. The first-order valence-electron chi connectivity index (χ1n) is 8.29. The van der Waals surface area contributed by atoms with Crippen molar-refractivity contribution in [1.29, 1.82) is 0 Å². The number of amides is 2. The Morgan fingerprint density at radius 3 is 2.81 bits per heavy atom. The molecule has 1 aromatic heterocycles. The van der Waals surface area contributed by atoms with Crippen LogP contribution in [0, 0.1) is 0 Å². The molecule has 1 aliphatic heterocycles. The van der Waals surface area contributed by atoms with Crippen LogP contribution >= 0.6 is 22.9 Å². The van der Waals surface area contributed by atoms with Crippen LogP contribution in [0.25, 0.3) is 0 Å². The van der Waals surface area contributed by atoms with Gasteiger partial charge < -0.3 is 15.8 Å². The molecule has 1 saturated heterocycles. The zero-order valence-corrected chi connectivity index (χ0v) is 15.7. The van der Waals surface area contributed by atoms with Crippen LogP contribution in [-0.4, -0.2) is 43.0 Å². The van der Waals surface area contributed by atoms with E-state index in [1.165, 1.54) is 11.3 Å². The van der Waals surface area contributed by atoms with Gasteiger partial charge in [0.15, 0.2) is 0 Å². The topological polar surface area (TPSA) is 84.7 Å². The van der Waals surface area contributed by atoms with Gasteiger partial charge in [0, 0.05) is 31.1 Å². The highest BCUT2D eigenvalue weighted by molar-refractivity contribution is 7.14. The average molecular weight is 394 g/mol. The number of carbonyl (C=O) groups excluding carboxylic acids is 2. The molecule has 3 N–H and O–H groups in total. The summed E-state index contributed by atoms with van der Waals surface area (Å²) in [5, 5.41) is 5.70. The highest BCUT2D eigenvalue weighted by atomic mass is 35.5. The van der Waals surface area contributed by atoms with Crippen molar-refractivity contribution in [3.8, 4) is 0 Å². The number of primary amides is 1. The van der Waals surface area contributed by atoms with Gasteiger partial charge in [-0.05, 0) is 29.1 Å². The standard InChI is InChI=1S/C18H20ClN3O3S/c19-13-3-1-12(2-4-13)15-11-22(8-9-25-15)7-5-16(23)21-18-14(17(20)24)6-10-26-18/h1-4,6,10,15H,5,7-9,11H2,(H2,20,24)(H,21,23)/t15-/m1/s1. The Morgan fingerprint density at radius 1 is 1.31 bits per heavy atom. The van der Waals surface area contributed by atoms with Gasteiger partial charge in [-0.1, -0.05) is 23.7 Å². The highest BCUT2D eigenvalue weighted by Gasteiger charge is 2.22. The van der Waals surface area contributed by atoms with Crippen molar-refractivity contribution >= 4 is 39.8 Å². The fourth-order valence-corrected chi connectivity index (χ4v) is 3.77. The van der Waals surface area contributed by atoms with E-state index >= 15 is 0 Å². The molecule has 2 amide bonds. The van der Waals surface area contributed by atoms with Crippen molar-refractivity contribution in [2.45, 2.75) is 12.5 Å². The third-order valence-electron chi connectivity index (χ3n) is 4.23. The molecule has 1 aromatic carbocycles. The molecule has 0 saturated carbocycles. The Hall–Kier alpha value is -1.93. The lowest BCUT2D eigenvalue weighted by Crippen LogP contribution is -2.39. The number of carbonyl (C=O) groups is 2. The summed E-state index contributed by atoms with van der Waals surface area (Å²) in [6, 6.07) is 9.24. The Kier molecular flexibility index (Phi) is 6.26. The van der Waals surface area contributed by atoms with Crippen molar-refractivity contribution in [3.05, 3.63) is 51.9 Å². The van der Waals surface area contributed by atoms with Gasteiger partial charge in [-0.25, -0.2) is 0 Å². The fraction of sp³-hybridized carbons (Fsp3) is 0.333. The van der Waals surface area contributed by atoms with Crippen LogP contribution in [0.2, 0.25) is 5.02 Å². The summed E-state index contributed by atoms with van der Waals surface area (Å²) < 4.78 is 5.83. The molecule has 6 nitrogen and oxygen atoms in total. The second kappa shape index (κ2) is 8.64. The van der Waals surface area contributed by atoms with Crippen molar-refractivity contribution in [2.75, 3.05) is 31.6 Å². The molecule has 8 heteroatoms. The number of thiophene rings is 1. The number of nitrogens with zero attached hydrogens (tertiary/aromatic N) is 1. The van der Waals surface area contributed by atoms with Crippen LogP contribution in [0.4, 0.5) is 5.00 Å². The summed E-state index contributed by atoms with van der Waals surface area (Å²) in [5.41, 5.74) is 6.71. The molecule has 1 aliphatic rings.